The lowest BCUT2D eigenvalue weighted by molar-refractivity contribution is -0.121. The van der Waals surface area contributed by atoms with Crippen molar-refractivity contribution in [2.24, 2.45) is 5.92 Å². The number of amides is 1. The predicted octanol–water partition coefficient (Wildman–Crippen LogP) is 2.04. The van der Waals surface area contributed by atoms with Gasteiger partial charge in [-0.1, -0.05) is 30.3 Å². The van der Waals surface area contributed by atoms with E-state index >= 15 is 0 Å². The molecule has 1 saturated carbocycles. The summed E-state index contributed by atoms with van der Waals surface area (Å²) in [7, 11) is 0. The van der Waals surface area contributed by atoms with Gasteiger partial charge in [0, 0.05) is 0 Å². The molecule has 0 aliphatic heterocycles. The summed E-state index contributed by atoms with van der Waals surface area (Å²) in [6.07, 6.45) is 2.62. The maximum Gasteiger partial charge on any atom is 0.234 e. The van der Waals surface area contributed by atoms with E-state index in [0.717, 1.165) is 18.0 Å². The molecule has 2 N–H and O–H groups in total. The van der Waals surface area contributed by atoms with Crippen molar-refractivity contribution in [1.82, 2.24) is 10.6 Å². The molecule has 1 aromatic rings. The number of benzene rings is 1. The third-order valence-corrected chi connectivity index (χ3v) is 3.36. The third kappa shape index (κ3) is 3.84. The Morgan fingerprint density at radius 1 is 1.28 bits per heavy atom. The molecule has 0 aromatic heterocycles. The number of hydrogen-bond acceptors (Lipinski definition) is 2. The zero-order valence-electron chi connectivity index (χ0n) is 11.2. The van der Waals surface area contributed by atoms with Crippen molar-refractivity contribution < 1.29 is 4.79 Å². The van der Waals surface area contributed by atoms with E-state index in [1.54, 1.807) is 0 Å². The van der Waals surface area contributed by atoms with Gasteiger partial charge in [0.1, 0.15) is 0 Å². The quantitative estimate of drug-likeness (QED) is 0.806. The lowest BCUT2D eigenvalue weighted by atomic mass is 9.94. The minimum atomic E-state index is -0.320. The number of hydrogen-bond donors (Lipinski definition) is 2. The minimum Gasteiger partial charge on any atom is -0.346 e. The Bertz CT molecular complexity index is 396. The van der Waals surface area contributed by atoms with Gasteiger partial charge in [0.05, 0.1) is 12.1 Å². The molecular formula is C15H22N2O. The molecule has 18 heavy (non-hydrogen) atoms. The van der Waals surface area contributed by atoms with Gasteiger partial charge in [-0.05, 0) is 44.7 Å². The van der Waals surface area contributed by atoms with Gasteiger partial charge in [0.25, 0.3) is 0 Å². The summed E-state index contributed by atoms with van der Waals surface area (Å²) in [5.74, 6) is 0.865. The molecule has 3 nitrogen and oxygen atoms in total. The van der Waals surface area contributed by atoms with Crippen molar-refractivity contribution in [2.75, 3.05) is 13.1 Å². The first kappa shape index (κ1) is 13.1. The summed E-state index contributed by atoms with van der Waals surface area (Å²) >= 11 is 0. The first-order chi connectivity index (χ1) is 8.58. The van der Waals surface area contributed by atoms with Crippen molar-refractivity contribution in [1.29, 1.82) is 0 Å². The summed E-state index contributed by atoms with van der Waals surface area (Å²) in [4.78, 5) is 11.9. The summed E-state index contributed by atoms with van der Waals surface area (Å²) in [6.45, 7) is 5.44. The maximum absolute atomic E-state index is 11.9. The summed E-state index contributed by atoms with van der Waals surface area (Å²) in [6, 6.07) is 10.1. The van der Waals surface area contributed by atoms with Crippen LogP contribution >= 0.6 is 0 Å². The lowest BCUT2D eigenvalue weighted by Gasteiger charge is -2.27. The Kier molecular flexibility index (Phi) is 4.02. The van der Waals surface area contributed by atoms with E-state index in [9.17, 15) is 4.79 Å². The molecule has 1 aliphatic carbocycles. The molecule has 1 fully saturated rings. The Morgan fingerprint density at radius 2 is 1.94 bits per heavy atom. The minimum absolute atomic E-state index is 0.0597. The van der Waals surface area contributed by atoms with E-state index in [2.05, 4.69) is 10.6 Å². The van der Waals surface area contributed by atoms with E-state index in [0.29, 0.717) is 6.54 Å². The fraction of sp³-hybridized carbons (Fsp3) is 0.533. The molecule has 0 spiro atoms. The molecule has 1 aliphatic rings. The average Bonchev–Trinajstić information content (AvgIpc) is 3.13. The molecule has 0 saturated heterocycles. The van der Waals surface area contributed by atoms with Crippen LogP contribution < -0.4 is 10.6 Å². The smallest absolute Gasteiger partial charge is 0.234 e. The average molecular weight is 246 g/mol. The van der Waals surface area contributed by atoms with Crippen LogP contribution in [0.5, 0.6) is 0 Å². The van der Waals surface area contributed by atoms with Crippen LogP contribution in [-0.2, 0) is 10.3 Å². The molecule has 0 bridgehead atoms. The maximum atomic E-state index is 11.9. The second kappa shape index (κ2) is 5.53. The molecule has 0 atom stereocenters. The highest BCUT2D eigenvalue weighted by Gasteiger charge is 2.23. The topological polar surface area (TPSA) is 41.1 Å². The molecule has 0 unspecified atom stereocenters. The molecule has 0 heterocycles. The number of nitrogens with one attached hydrogen (secondary N) is 2. The van der Waals surface area contributed by atoms with Crippen molar-refractivity contribution in [3.63, 3.8) is 0 Å². The molecule has 1 aromatic carbocycles. The highest BCUT2D eigenvalue weighted by Crippen LogP contribution is 2.27. The fourth-order valence-corrected chi connectivity index (χ4v) is 2.03. The van der Waals surface area contributed by atoms with Crippen molar-refractivity contribution in [2.45, 2.75) is 32.2 Å². The van der Waals surface area contributed by atoms with Crippen LogP contribution in [0.3, 0.4) is 0 Å². The monoisotopic (exact) mass is 246 g/mol. The fourth-order valence-electron chi connectivity index (χ4n) is 2.03. The normalized spacial score (nSPS) is 15.4. The molecule has 1 amide bonds. The number of carbonyl (C=O) groups excluding carboxylic acids is 1. The van der Waals surface area contributed by atoms with Crippen molar-refractivity contribution in [3.05, 3.63) is 35.9 Å². The van der Waals surface area contributed by atoms with Crippen LogP contribution in [0.4, 0.5) is 0 Å². The van der Waals surface area contributed by atoms with Gasteiger partial charge in [-0.2, -0.15) is 0 Å². The Morgan fingerprint density at radius 3 is 2.56 bits per heavy atom. The second-order valence-electron chi connectivity index (χ2n) is 5.61. The van der Waals surface area contributed by atoms with Crippen LogP contribution in [0.2, 0.25) is 0 Å². The molecule has 3 heteroatoms. The van der Waals surface area contributed by atoms with Crippen LogP contribution in [0, 0.1) is 5.92 Å². The van der Waals surface area contributed by atoms with E-state index in [1.807, 2.05) is 44.2 Å². The van der Waals surface area contributed by atoms with Crippen molar-refractivity contribution >= 4 is 5.91 Å². The molecule has 0 radical (unpaired) electrons. The highest BCUT2D eigenvalue weighted by atomic mass is 16.2. The van der Waals surface area contributed by atoms with Crippen LogP contribution in [-0.4, -0.2) is 19.0 Å². The van der Waals surface area contributed by atoms with Crippen LogP contribution in [0.15, 0.2) is 30.3 Å². The standard InChI is InChI=1S/C15H22N2O/c1-15(2,13-6-4-3-5-7-13)17-14(18)11-16-10-12-8-9-12/h3-7,12,16H,8-11H2,1-2H3,(H,17,18). The summed E-state index contributed by atoms with van der Waals surface area (Å²) in [5.41, 5.74) is 0.806. The van der Waals surface area contributed by atoms with E-state index in [-0.39, 0.29) is 11.4 Å². The van der Waals surface area contributed by atoms with E-state index in [1.165, 1.54) is 12.8 Å². The lowest BCUT2D eigenvalue weighted by Crippen LogP contribution is -2.45. The van der Waals surface area contributed by atoms with Crippen LogP contribution in [0.25, 0.3) is 0 Å². The second-order valence-corrected chi connectivity index (χ2v) is 5.61. The SMILES string of the molecule is CC(C)(NC(=O)CNCC1CC1)c1ccccc1. The Hall–Kier alpha value is -1.35. The highest BCUT2D eigenvalue weighted by molar-refractivity contribution is 5.79. The van der Waals surface area contributed by atoms with Gasteiger partial charge < -0.3 is 10.6 Å². The predicted molar refractivity (Wildman–Crippen MR) is 73.2 cm³/mol. The van der Waals surface area contributed by atoms with Gasteiger partial charge >= 0.3 is 0 Å². The molecule has 2 rings (SSSR count). The number of carbonyl (C=O) groups is 1. The Balaban J connectivity index is 1.81. The van der Waals surface area contributed by atoms with E-state index in [4.69, 9.17) is 0 Å². The van der Waals surface area contributed by atoms with Gasteiger partial charge in [0.15, 0.2) is 0 Å². The van der Waals surface area contributed by atoms with Gasteiger partial charge in [0.2, 0.25) is 5.91 Å². The summed E-state index contributed by atoms with van der Waals surface area (Å²) in [5, 5.41) is 6.27. The third-order valence-electron chi connectivity index (χ3n) is 3.36. The first-order valence-corrected chi connectivity index (χ1v) is 6.65. The van der Waals surface area contributed by atoms with Gasteiger partial charge in [-0.3, -0.25) is 4.79 Å². The Labute approximate surface area is 109 Å². The van der Waals surface area contributed by atoms with Gasteiger partial charge in [-0.15, -0.1) is 0 Å². The van der Waals surface area contributed by atoms with Crippen molar-refractivity contribution in [3.8, 4) is 0 Å². The van der Waals surface area contributed by atoms with Gasteiger partial charge in [-0.25, -0.2) is 0 Å². The number of rotatable bonds is 6. The van der Waals surface area contributed by atoms with E-state index < -0.39 is 0 Å². The molecular weight excluding hydrogens is 224 g/mol. The zero-order valence-corrected chi connectivity index (χ0v) is 11.2. The summed E-state index contributed by atoms with van der Waals surface area (Å²) < 4.78 is 0. The zero-order chi connectivity index (χ0) is 13.0. The largest absolute Gasteiger partial charge is 0.346 e. The van der Waals surface area contributed by atoms with Crippen LogP contribution in [0.1, 0.15) is 32.3 Å². The molecule has 98 valence electrons. The first-order valence-electron chi connectivity index (χ1n) is 6.65.